The maximum Gasteiger partial charge on any atom is 0.225 e. The Kier molecular flexibility index (Phi) is 1.31. The molecule has 0 radical (unpaired) electrons. The zero-order chi connectivity index (χ0) is 7.02. The molecule has 1 rings (SSSR count). The van der Waals surface area contributed by atoms with Gasteiger partial charge in [-0.1, -0.05) is 19.1 Å². The molecule has 0 aromatic heterocycles. The summed E-state index contributed by atoms with van der Waals surface area (Å²) < 4.78 is 0. The van der Waals surface area contributed by atoms with Crippen molar-refractivity contribution in [1.29, 1.82) is 0 Å². The smallest absolute Gasteiger partial charge is 0.225 e. The van der Waals surface area contributed by atoms with Crippen LogP contribution in [0.1, 0.15) is 13.8 Å². The van der Waals surface area contributed by atoms with Gasteiger partial charge in [-0.25, -0.2) is 0 Å². The Bertz CT molecular complexity index is 162. The lowest BCUT2D eigenvalue weighted by molar-refractivity contribution is -0.132. The van der Waals surface area contributed by atoms with E-state index in [1.54, 1.807) is 0 Å². The molecule has 0 aromatic rings. The first-order valence-electron chi connectivity index (χ1n) is 3.08. The van der Waals surface area contributed by atoms with Gasteiger partial charge in [-0.3, -0.25) is 4.79 Å². The van der Waals surface area contributed by atoms with Crippen molar-refractivity contribution in [3.05, 3.63) is 12.2 Å². The van der Waals surface area contributed by atoms with Gasteiger partial charge in [0.1, 0.15) is 0 Å². The molecule has 1 N–H and O–H groups in total. The van der Waals surface area contributed by atoms with Crippen LogP contribution in [-0.4, -0.2) is 11.9 Å². The Balaban J connectivity index is 2.51. The lowest BCUT2D eigenvalue weighted by Crippen LogP contribution is -2.57. The van der Waals surface area contributed by atoms with Gasteiger partial charge in [-0.2, -0.15) is 0 Å². The van der Waals surface area contributed by atoms with Crippen molar-refractivity contribution in [3.63, 3.8) is 0 Å². The van der Waals surface area contributed by atoms with Crippen LogP contribution in [0.25, 0.3) is 0 Å². The molecule has 0 bridgehead atoms. The van der Waals surface area contributed by atoms with E-state index in [-0.39, 0.29) is 17.9 Å². The average Bonchev–Trinajstić information content (AvgIpc) is 1.81. The van der Waals surface area contributed by atoms with Gasteiger partial charge in [0.15, 0.2) is 0 Å². The quantitative estimate of drug-likeness (QED) is 0.405. The summed E-state index contributed by atoms with van der Waals surface area (Å²) in [6, 6.07) is 0.234. The first-order valence-corrected chi connectivity index (χ1v) is 3.08. The SMILES string of the molecule is C=C(C)C1NC(=O)C1C. The molecular formula is C7H11NO. The van der Waals surface area contributed by atoms with E-state index < -0.39 is 0 Å². The third-order valence-electron chi connectivity index (χ3n) is 1.74. The summed E-state index contributed by atoms with van der Waals surface area (Å²) in [4.78, 5) is 10.6. The molecule has 1 amide bonds. The first-order chi connectivity index (χ1) is 4.13. The second kappa shape index (κ2) is 1.87. The second-order valence-electron chi connectivity index (χ2n) is 2.62. The van der Waals surface area contributed by atoms with E-state index in [4.69, 9.17) is 0 Å². The van der Waals surface area contributed by atoms with Gasteiger partial charge in [-0.05, 0) is 6.92 Å². The maximum atomic E-state index is 10.6. The van der Waals surface area contributed by atoms with Crippen molar-refractivity contribution >= 4 is 5.91 Å². The van der Waals surface area contributed by atoms with Gasteiger partial charge in [0.05, 0.1) is 12.0 Å². The molecule has 1 heterocycles. The van der Waals surface area contributed by atoms with Crippen molar-refractivity contribution in [1.82, 2.24) is 5.32 Å². The number of hydrogen-bond donors (Lipinski definition) is 1. The molecule has 1 fully saturated rings. The van der Waals surface area contributed by atoms with Crippen molar-refractivity contribution in [2.45, 2.75) is 19.9 Å². The minimum absolute atomic E-state index is 0.141. The molecule has 9 heavy (non-hydrogen) atoms. The van der Waals surface area contributed by atoms with Gasteiger partial charge in [-0.15, -0.1) is 0 Å². The van der Waals surface area contributed by atoms with Crippen molar-refractivity contribution in [2.75, 3.05) is 0 Å². The summed E-state index contributed by atoms with van der Waals surface area (Å²) >= 11 is 0. The molecule has 1 aliphatic heterocycles. The van der Waals surface area contributed by atoms with E-state index in [0.29, 0.717) is 0 Å². The fourth-order valence-corrected chi connectivity index (χ4v) is 1.01. The topological polar surface area (TPSA) is 29.1 Å². The van der Waals surface area contributed by atoms with E-state index in [0.717, 1.165) is 5.57 Å². The number of carbonyl (C=O) groups is 1. The molecule has 50 valence electrons. The monoisotopic (exact) mass is 125 g/mol. The summed E-state index contributed by atoms with van der Waals surface area (Å²) in [5, 5.41) is 2.75. The predicted molar refractivity (Wildman–Crippen MR) is 35.9 cm³/mol. The third-order valence-corrected chi connectivity index (χ3v) is 1.74. The van der Waals surface area contributed by atoms with Crippen LogP contribution in [0.5, 0.6) is 0 Å². The van der Waals surface area contributed by atoms with Crippen LogP contribution >= 0.6 is 0 Å². The molecule has 2 unspecified atom stereocenters. The Hall–Kier alpha value is -0.790. The van der Waals surface area contributed by atoms with Crippen LogP contribution in [0.3, 0.4) is 0 Å². The van der Waals surface area contributed by atoms with E-state index in [2.05, 4.69) is 11.9 Å². The summed E-state index contributed by atoms with van der Waals surface area (Å²) in [6.45, 7) is 7.59. The Morgan fingerprint density at radius 3 is 2.44 bits per heavy atom. The van der Waals surface area contributed by atoms with Crippen molar-refractivity contribution in [3.8, 4) is 0 Å². The lowest BCUT2D eigenvalue weighted by atomic mass is 9.88. The fraction of sp³-hybridized carbons (Fsp3) is 0.571. The minimum atomic E-state index is 0.141. The highest BCUT2D eigenvalue weighted by atomic mass is 16.2. The summed E-state index contributed by atoms with van der Waals surface area (Å²) in [7, 11) is 0. The highest BCUT2D eigenvalue weighted by Gasteiger charge is 2.35. The fourth-order valence-electron chi connectivity index (χ4n) is 1.01. The van der Waals surface area contributed by atoms with Gasteiger partial charge in [0.25, 0.3) is 0 Å². The maximum absolute atomic E-state index is 10.6. The highest BCUT2D eigenvalue weighted by molar-refractivity contribution is 5.86. The molecule has 2 atom stereocenters. The summed E-state index contributed by atoms with van der Waals surface area (Å²) in [5.41, 5.74) is 1.04. The predicted octanol–water partition coefficient (Wildman–Crippen LogP) is 0.697. The third kappa shape index (κ3) is 0.846. The standard InChI is InChI=1S/C7H11NO/c1-4(2)6-5(3)7(9)8-6/h5-6H,1H2,2-3H3,(H,8,9). The number of carbonyl (C=O) groups excluding carboxylic acids is 1. The average molecular weight is 125 g/mol. The molecule has 0 aliphatic carbocycles. The van der Waals surface area contributed by atoms with Gasteiger partial charge >= 0.3 is 0 Å². The van der Waals surface area contributed by atoms with E-state index in [1.165, 1.54) is 0 Å². The number of nitrogens with one attached hydrogen (secondary N) is 1. The first kappa shape index (κ1) is 6.33. The molecule has 0 aromatic carbocycles. The molecular weight excluding hydrogens is 114 g/mol. The summed E-state index contributed by atoms with van der Waals surface area (Å²) in [5.74, 6) is 0.283. The molecule has 1 aliphatic rings. The minimum Gasteiger partial charge on any atom is -0.349 e. The number of rotatable bonds is 1. The number of β-lactam (4-membered cyclic amide) rings is 1. The highest BCUT2D eigenvalue weighted by Crippen LogP contribution is 2.19. The largest absolute Gasteiger partial charge is 0.349 e. The Labute approximate surface area is 54.9 Å². The van der Waals surface area contributed by atoms with Gasteiger partial charge in [0, 0.05) is 0 Å². The van der Waals surface area contributed by atoms with Crippen molar-refractivity contribution < 1.29 is 4.79 Å². The molecule has 2 nitrogen and oxygen atoms in total. The number of hydrogen-bond acceptors (Lipinski definition) is 1. The number of amides is 1. The van der Waals surface area contributed by atoms with Crippen LogP contribution in [0, 0.1) is 5.92 Å². The zero-order valence-electron chi connectivity index (χ0n) is 5.77. The van der Waals surface area contributed by atoms with Crippen LogP contribution in [-0.2, 0) is 4.79 Å². The normalized spacial score (nSPS) is 32.9. The van der Waals surface area contributed by atoms with Crippen molar-refractivity contribution in [2.24, 2.45) is 5.92 Å². The molecule has 2 heteroatoms. The van der Waals surface area contributed by atoms with Gasteiger partial charge in [0.2, 0.25) is 5.91 Å². The van der Waals surface area contributed by atoms with Crippen LogP contribution < -0.4 is 5.32 Å². The van der Waals surface area contributed by atoms with E-state index in [1.807, 2.05) is 13.8 Å². The van der Waals surface area contributed by atoms with E-state index in [9.17, 15) is 4.79 Å². The molecule has 0 spiro atoms. The zero-order valence-corrected chi connectivity index (χ0v) is 5.77. The van der Waals surface area contributed by atoms with E-state index >= 15 is 0 Å². The Morgan fingerprint density at radius 2 is 2.33 bits per heavy atom. The lowest BCUT2D eigenvalue weighted by Gasteiger charge is -2.34. The molecule has 0 saturated carbocycles. The van der Waals surface area contributed by atoms with Gasteiger partial charge < -0.3 is 5.32 Å². The van der Waals surface area contributed by atoms with Crippen LogP contribution in [0.15, 0.2) is 12.2 Å². The molecule has 1 saturated heterocycles. The summed E-state index contributed by atoms with van der Waals surface area (Å²) in [6.07, 6.45) is 0. The second-order valence-corrected chi connectivity index (χ2v) is 2.62. The van der Waals surface area contributed by atoms with Crippen LogP contribution in [0.2, 0.25) is 0 Å². The Morgan fingerprint density at radius 1 is 1.78 bits per heavy atom. The van der Waals surface area contributed by atoms with Crippen LogP contribution in [0.4, 0.5) is 0 Å².